The van der Waals surface area contributed by atoms with E-state index in [1.165, 1.54) is 13.2 Å². The summed E-state index contributed by atoms with van der Waals surface area (Å²) in [6.07, 6.45) is 2.20. The van der Waals surface area contributed by atoms with Crippen molar-refractivity contribution in [1.82, 2.24) is 5.32 Å². The SMILES string of the molecule is CCc1ccc(N2C(=O)NC(=O)C(=Cc3cc(Cl)ccc3OC)C2=O)cc1. The highest BCUT2D eigenvalue weighted by atomic mass is 35.5. The Bertz CT molecular complexity index is 951. The van der Waals surface area contributed by atoms with Crippen LogP contribution >= 0.6 is 11.6 Å². The third kappa shape index (κ3) is 3.71. The average Bonchev–Trinajstić information content (AvgIpc) is 2.65. The number of aryl methyl sites for hydroxylation is 1. The van der Waals surface area contributed by atoms with E-state index in [4.69, 9.17) is 16.3 Å². The lowest BCUT2D eigenvalue weighted by molar-refractivity contribution is -0.122. The second-order valence-electron chi connectivity index (χ2n) is 5.86. The zero-order chi connectivity index (χ0) is 19.6. The first-order valence-electron chi connectivity index (χ1n) is 8.28. The lowest BCUT2D eigenvalue weighted by Gasteiger charge is -2.26. The third-order valence-electron chi connectivity index (χ3n) is 4.20. The molecule has 0 unspecified atom stereocenters. The summed E-state index contributed by atoms with van der Waals surface area (Å²) in [5.74, 6) is -1.04. The van der Waals surface area contributed by atoms with Crippen molar-refractivity contribution >= 4 is 41.2 Å². The number of carbonyl (C=O) groups is 3. The highest BCUT2D eigenvalue weighted by Crippen LogP contribution is 2.27. The van der Waals surface area contributed by atoms with Gasteiger partial charge in [0.1, 0.15) is 11.3 Å². The van der Waals surface area contributed by atoms with E-state index < -0.39 is 17.8 Å². The van der Waals surface area contributed by atoms with E-state index in [-0.39, 0.29) is 5.57 Å². The quantitative estimate of drug-likeness (QED) is 0.645. The molecule has 0 aromatic heterocycles. The van der Waals surface area contributed by atoms with Gasteiger partial charge < -0.3 is 4.74 Å². The van der Waals surface area contributed by atoms with Crippen LogP contribution in [0.4, 0.5) is 10.5 Å². The predicted octanol–water partition coefficient (Wildman–Crippen LogP) is 3.58. The van der Waals surface area contributed by atoms with Crippen molar-refractivity contribution in [2.24, 2.45) is 0 Å². The van der Waals surface area contributed by atoms with Gasteiger partial charge in [-0.15, -0.1) is 0 Å². The number of hydrogen-bond acceptors (Lipinski definition) is 4. The average molecular weight is 385 g/mol. The molecule has 138 valence electrons. The molecule has 0 saturated carbocycles. The number of barbiturate groups is 1. The summed E-state index contributed by atoms with van der Waals surface area (Å²) in [6.45, 7) is 2.01. The lowest BCUT2D eigenvalue weighted by atomic mass is 10.1. The minimum atomic E-state index is -0.788. The normalized spacial score (nSPS) is 15.9. The molecule has 0 aliphatic carbocycles. The Kier molecular flexibility index (Phi) is 5.28. The molecule has 1 fully saturated rings. The fraction of sp³-hybridized carbons (Fsp3) is 0.150. The molecule has 0 bridgehead atoms. The molecule has 4 amide bonds. The van der Waals surface area contributed by atoms with E-state index in [9.17, 15) is 14.4 Å². The molecule has 1 saturated heterocycles. The topological polar surface area (TPSA) is 75.7 Å². The Labute approximate surface area is 161 Å². The molecule has 3 rings (SSSR count). The van der Waals surface area contributed by atoms with Gasteiger partial charge in [0.2, 0.25) is 0 Å². The van der Waals surface area contributed by atoms with Crippen molar-refractivity contribution in [1.29, 1.82) is 0 Å². The number of hydrogen-bond donors (Lipinski definition) is 1. The Morgan fingerprint density at radius 2 is 1.81 bits per heavy atom. The van der Waals surface area contributed by atoms with E-state index in [1.807, 2.05) is 19.1 Å². The number of rotatable bonds is 4. The van der Waals surface area contributed by atoms with Crippen molar-refractivity contribution in [2.75, 3.05) is 12.0 Å². The first kappa shape index (κ1) is 18.7. The molecule has 27 heavy (non-hydrogen) atoms. The highest BCUT2D eigenvalue weighted by Gasteiger charge is 2.36. The number of amides is 4. The van der Waals surface area contributed by atoms with Crippen molar-refractivity contribution in [3.63, 3.8) is 0 Å². The van der Waals surface area contributed by atoms with Crippen LogP contribution < -0.4 is 15.0 Å². The first-order valence-corrected chi connectivity index (χ1v) is 8.66. The molecule has 0 spiro atoms. The van der Waals surface area contributed by atoms with Gasteiger partial charge in [0.05, 0.1) is 12.8 Å². The molecule has 7 heteroatoms. The van der Waals surface area contributed by atoms with Crippen molar-refractivity contribution < 1.29 is 19.1 Å². The van der Waals surface area contributed by atoms with Crippen LogP contribution in [-0.2, 0) is 16.0 Å². The number of anilines is 1. The number of nitrogens with one attached hydrogen (secondary N) is 1. The molecule has 6 nitrogen and oxygen atoms in total. The first-order chi connectivity index (χ1) is 12.9. The molecule has 1 N–H and O–H groups in total. The fourth-order valence-corrected chi connectivity index (χ4v) is 2.93. The number of nitrogens with zero attached hydrogens (tertiary/aromatic N) is 1. The Balaban J connectivity index is 2.03. The lowest BCUT2D eigenvalue weighted by Crippen LogP contribution is -2.54. The predicted molar refractivity (Wildman–Crippen MR) is 103 cm³/mol. The van der Waals surface area contributed by atoms with Crippen LogP contribution in [0.1, 0.15) is 18.1 Å². The summed E-state index contributed by atoms with van der Waals surface area (Å²) in [4.78, 5) is 38.3. The molecule has 1 aliphatic heterocycles. The number of ether oxygens (including phenoxy) is 1. The summed E-state index contributed by atoms with van der Waals surface area (Å²) in [5, 5.41) is 2.62. The number of urea groups is 1. The van der Waals surface area contributed by atoms with Gasteiger partial charge in [0, 0.05) is 10.6 Å². The van der Waals surface area contributed by atoms with Gasteiger partial charge in [-0.3, -0.25) is 14.9 Å². The zero-order valence-corrected chi connectivity index (χ0v) is 15.5. The standard InChI is InChI=1S/C20H17ClN2O4/c1-3-12-4-7-15(8-5-12)23-19(25)16(18(24)22-20(23)26)11-13-10-14(21)6-9-17(13)27-2/h4-11H,3H2,1-2H3,(H,22,24,26). The van der Waals surface area contributed by atoms with Gasteiger partial charge in [-0.1, -0.05) is 30.7 Å². The van der Waals surface area contributed by atoms with Crippen LogP contribution in [0.2, 0.25) is 5.02 Å². The van der Waals surface area contributed by atoms with Gasteiger partial charge in [-0.2, -0.15) is 0 Å². The minimum Gasteiger partial charge on any atom is -0.496 e. The molecule has 0 atom stereocenters. The van der Waals surface area contributed by atoms with Gasteiger partial charge in [0.25, 0.3) is 11.8 Å². The van der Waals surface area contributed by atoms with Crippen LogP contribution in [-0.4, -0.2) is 25.0 Å². The second kappa shape index (κ2) is 7.63. The largest absolute Gasteiger partial charge is 0.496 e. The number of halogens is 1. The third-order valence-corrected chi connectivity index (χ3v) is 4.43. The molecule has 2 aromatic carbocycles. The van der Waals surface area contributed by atoms with Crippen LogP contribution in [0.5, 0.6) is 5.75 Å². The van der Waals surface area contributed by atoms with E-state index in [2.05, 4.69) is 5.32 Å². The fourth-order valence-electron chi connectivity index (χ4n) is 2.75. The Morgan fingerprint density at radius 1 is 1.11 bits per heavy atom. The molecule has 1 heterocycles. The van der Waals surface area contributed by atoms with Gasteiger partial charge in [0.15, 0.2) is 0 Å². The summed E-state index contributed by atoms with van der Waals surface area (Å²) >= 11 is 6.01. The number of carbonyl (C=O) groups excluding carboxylic acids is 3. The van der Waals surface area contributed by atoms with E-state index in [1.54, 1.807) is 30.3 Å². The maximum atomic E-state index is 12.9. The van der Waals surface area contributed by atoms with Crippen molar-refractivity contribution in [3.8, 4) is 5.75 Å². The summed E-state index contributed by atoms with van der Waals surface area (Å²) in [7, 11) is 1.47. The van der Waals surface area contributed by atoms with Gasteiger partial charge in [-0.05, 0) is 48.4 Å². The van der Waals surface area contributed by atoms with E-state index >= 15 is 0 Å². The monoisotopic (exact) mass is 384 g/mol. The van der Waals surface area contributed by atoms with Crippen molar-refractivity contribution in [3.05, 3.63) is 64.2 Å². The van der Waals surface area contributed by atoms with Crippen molar-refractivity contribution in [2.45, 2.75) is 13.3 Å². The van der Waals surface area contributed by atoms with Crippen LogP contribution in [0.15, 0.2) is 48.0 Å². The minimum absolute atomic E-state index is 0.185. The molecule has 0 radical (unpaired) electrons. The smallest absolute Gasteiger partial charge is 0.335 e. The number of methoxy groups -OCH3 is 1. The van der Waals surface area contributed by atoms with E-state index in [0.29, 0.717) is 22.0 Å². The number of benzene rings is 2. The number of imide groups is 2. The van der Waals surface area contributed by atoms with Gasteiger partial charge in [-0.25, -0.2) is 9.69 Å². The van der Waals surface area contributed by atoms with Crippen LogP contribution in [0, 0.1) is 0 Å². The van der Waals surface area contributed by atoms with Gasteiger partial charge >= 0.3 is 6.03 Å². The summed E-state index contributed by atoms with van der Waals surface area (Å²) < 4.78 is 5.24. The molecular formula is C20H17ClN2O4. The van der Waals surface area contributed by atoms with E-state index in [0.717, 1.165) is 16.9 Å². The zero-order valence-electron chi connectivity index (χ0n) is 14.8. The maximum absolute atomic E-state index is 12.9. The highest BCUT2D eigenvalue weighted by molar-refractivity contribution is 6.39. The molecule has 2 aromatic rings. The maximum Gasteiger partial charge on any atom is 0.335 e. The molecule has 1 aliphatic rings. The summed E-state index contributed by atoms with van der Waals surface area (Å²) in [6, 6.07) is 11.1. The van der Waals surface area contributed by atoms with Crippen LogP contribution in [0.25, 0.3) is 6.08 Å². The Morgan fingerprint density at radius 3 is 2.44 bits per heavy atom. The summed E-state index contributed by atoms with van der Waals surface area (Å²) in [5.41, 5.74) is 1.72. The Hall–Kier alpha value is -3.12. The van der Waals surface area contributed by atoms with Crippen LogP contribution in [0.3, 0.4) is 0 Å². The molecular weight excluding hydrogens is 368 g/mol. The second-order valence-corrected chi connectivity index (χ2v) is 6.30.